The fourth-order valence-corrected chi connectivity index (χ4v) is 2.52. The van der Waals surface area contributed by atoms with Crippen LogP contribution in [0.25, 0.3) is 16.7 Å². The third kappa shape index (κ3) is 2.27. The zero-order valence-corrected chi connectivity index (χ0v) is 12.1. The molecule has 0 aliphatic rings. The fourth-order valence-electron chi connectivity index (χ4n) is 2.52. The lowest BCUT2D eigenvalue weighted by Gasteiger charge is -2.06. The minimum Gasteiger partial charge on any atom is -0.477 e. The molecular weight excluding hydrogens is 266 g/mol. The average molecular weight is 281 g/mol. The summed E-state index contributed by atoms with van der Waals surface area (Å²) in [5.41, 5.74) is 4.56. The number of benzene rings is 1. The van der Waals surface area contributed by atoms with Crippen molar-refractivity contribution < 1.29 is 9.90 Å². The monoisotopic (exact) mass is 281 g/mol. The van der Waals surface area contributed by atoms with E-state index in [9.17, 15) is 4.79 Å². The van der Waals surface area contributed by atoms with Gasteiger partial charge in [-0.2, -0.15) is 5.10 Å². The molecule has 21 heavy (non-hydrogen) atoms. The molecular formula is C16H15N3O2. The highest BCUT2D eigenvalue weighted by atomic mass is 16.4. The molecule has 0 aliphatic heterocycles. The molecule has 0 saturated carbocycles. The van der Waals surface area contributed by atoms with E-state index in [0.29, 0.717) is 5.65 Å². The maximum absolute atomic E-state index is 11.1. The lowest BCUT2D eigenvalue weighted by molar-refractivity contribution is 0.0691. The van der Waals surface area contributed by atoms with Crippen molar-refractivity contribution in [2.75, 3.05) is 0 Å². The summed E-state index contributed by atoms with van der Waals surface area (Å²) < 4.78 is 1.71. The molecule has 0 saturated heterocycles. The third-order valence-electron chi connectivity index (χ3n) is 3.39. The molecule has 0 amide bonds. The number of rotatable bonds is 2. The van der Waals surface area contributed by atoms with Crippen molar-refractivity contribution >= 4 is 17.0 Å². The molecule has 0 unspecified atom stereocenters. The van der Waals surface area contributed by atoms with Crippen LogP contribution in [-0.2, 0) is 0 Å². The summed E-state index contributed by atoms with van der Waals surface area (Å²) in [4.78, 5) is 15.3. The molecule has 0 atom stereocenters. The fraction of sp³-hybridized carbons (Fsp3) is 0.188. The summed E-state index contributed by atoms with van der Waals surface area (Å²) in [6, 6.07) is 9.36. The van der Waals surface area contributed by atoms with Crippen LogP contribution < -0.4 is 0 Å². The Labute approximate surface area is 121 Å². The minimum atomic E-state index is -1.04. The number of carboxylic acid groups (broad SMARTS) is 1. The van der Waals surface area contributed by atoms with Gasteiger partial charge in [-0.25, -0.2) is 14.5 Å². The molecule has 0 fully saturated rings. The first-order valence-electron chi connectivity index (χ1n) is 6.64. The van der Waals surface area contributed by atoms with Crippen LogP contribution in [-0.4, -0.2) is 25.8 Å². The summed E-state index contributed by atoms with van der Waals surface area (Å²) in [5.74, 6) is -1.04. The second-order valence-electron chi connectivity index (χ2n) is 5.22. The van der Waals surface area contributed by atoms with Crippen molar-refractivity contribution in [3.05, 3.63) is 52.8 Å². The highest BCUT2D eigenvalue weighted by Gasteiger charge is 2.14. The quantitative estimate of drug-likeness (QED) is 0.784. The highest BCUT2D eigenvalue weighted by Crippen LogP contribution is 2.22. The Kier molecular flexibility index (Phi) is 2.97. The molecule has 0 radical (unpaired) electrons. The Morgan fingerprint density at radius 1 is 1.10 bits per heavy atom. The number of hydrogen-bond donors (Lipinski definition) is 1. The zero-order chi connectivity index (χ0) is 15.1. The van der Waals surface area contributed by atoms with Crippen LogP contribution in [0.4, 0.5) is 0 Å². The zero-order valence-electron chi connectivity index (χ0n) is 12.1. The first-order valence-corrected chi connectivity index (χ1v) is 6.64. The van der Waals surface area contributed by atoms with Gasteiger partial charge in [-0.15, -0.1) is 0 Å². The van der Waals surface area contributed by atoms with Crippen LogP contribution in [0.3, 0.4) is 0 Å². The molecule has 106 valence electrons. The van der Waals surface area contributed by atoms with Crippen molar-refractivity contribution in [3.8, 4) is 5.69 Å². The number of nitrogens with zero attached hydrogens (tertiary/aromatic N) is 3. The molecule has 1 aromatic carbocycles. The predicted octanol–water partition coefficient (Wildman–Crippen LogP) is 3.04. The average Bonchev–Trinajstić information content (AvgIpc) is 2.74. The number of carboxylic acids is 1. The Morgan fingerprint density at radius 3 is 2.38 bits per heavy atom. The standard InChI is InChI=1S/C16H15N3O2/c1-9-6-10(2)8-12(7-9)19-15-13(11(3)18-19)4-5-14(17-15)16(20)21/h4-8H,1-3H3,(H,20,21). The van der Waals surface area contributed by atoms with Crippen LogP contribution >= 0.6 is 0 Å². The number of pyridine rings is 1. The molecule has 3 rings (SSSR count). The molecule has 0 aliphatic carbocycles. The Balaban J connectivity index is 2.31. The van der Waals surface area contributed by atoms with E-state index in [4.69, 9.17) is 5.11 Å². The summed E-state index contributed by atoms with van der Waals surface area (Å²) in [6.45, 7) is 5.93. The Bertz CT molecular complexity index is 845. The lowest BCUT2D eigenvalue weighted by Crippen LogP contribution is -2.03. The SMILES string of the molecule is Cc1cc(C)cc(-n2nc(C)c3ccc(C(=O)O)nc32)c1. The molecule has 5 nitrogen and oxygen atoms in total. The van der Waals surface area contributed by atoms with Gasteiger partial charge in [0.25, 0.3) is 0 Å². The molecule has 1 N–H and O–H groups in total. The van der Waals surface area contributed by atoms with Crippen molar-refractivity contribution in [2.45, 2.75) is 20.8 Å². The van der Waals surface area contributed by atoms with Crippen molar-refractivity contribution in [1.82, 2.24) is 14.8 Å². The molecule has 2 aromatic heterocycles. The van der Waals surface area contributed by atoms with E-state index >= 15 is 0 Å². The number of carbonyl (C=O) groups is 1. The van der Waals surface area contributed by atoms with Crippen LogP contribution in [0.1, 0.15) is 27.3 Å². The smallest absolute Gasteiger partial charge is 0.354 e. The maximum atomic E-state index is 11.1. The Morgan fingerprint density at radius 2 is 1.76 bits per heavy atom. The second-order valence-corrected chi connectivity index (χ2v) is 5.22. The number of aromatic nitrogens is 3. The summed E-state index contributed by atoms with van der Waals surface area (Å²) in [6.07, 6.45) is 0. The first kappa shape index (κ1) is 13.3. The number of aryl methyl sites for hydroxylation is 3. The van der Waals surface area contributed by atoms with Crippen LogP contribution in [0.15, 0.2) is 30.3 Å². The van der Waals surface area contributed by atoms with Gasteiger partial charge in [-0.05, 0) is 56.2 Å². The van der Waals surface area contributed by atoms with E-state index in [2.05, 4.69) is 16.1 Å². The number of fused-ring (bicyclic) bond motifs is 1. The van der Waals surface area contributed by atoms with Gasteiger partial charge in [-0.3, -0.25) is 0 Å². The molecule has 5 heteroatoms. The maximum Gasteiger partial charge on any atom is 0.354 e. The molecule has 0 spiro atoms. The van der Waals surface area contributed by atoms with Crippen molar-refractivity contribution in [1.29, 1.82) is 0 Å². The van der Waals surface area contributed by atoms with E-state index in [1.165, 1.54) is 6.07 Å². The van der Waals surface area contributed by atoms with Gasteiger partial charge in [0.1, 0.15) is 0 Å². The van der Waals surface area contributed by atoms with Crippen LogP contribution in [0.2, 0.25) is 0 Å². The minimum absolute atomic E-state index is 0.0213. The van der Waals surface area contributed by atoms with Gasteiger partial charge in [0.2, 0.25) is 0 Å². The normalized spacial score (nSPS) is 11.0. The first-order chi connectivity index (χ1) is 9.95. The molecule has 2 heterocycles. The van der Waals surface area contributed by atoms with E-state index in [1.54, 1.807) is 10.7 Å². The van der Waals surface area contributed by atoms with Crippen molar-refractivity contribution in [3.63, 3.8) is 0 Å². The van der Waals surface area contributed by atoms with Gasteiger partial charge in [0.05, 0.1) is 11.4 Å². The summed E-state index contributed by atoms with van der Waals surface area (Å²) in [7, 11) is 0. The third-order valence-corrected chi connectivity index (χ3v) is 3.39. The van der Waals surface area contributed by atoms with E-state index < -0.39 is 5.97 Å². The van der Waals surface area contributed by atoms with Gasteiger partial charge in [-0.1, -0.05) is 6.07 Å². The Hall–Kier alpha value is -2.69. The van der Waals surface area contributed by atoms with Gasteiger partial charge < -0.3 is 5.11 Å². The number of hydrogen-bond acceptors (Lipinski definition) is 3. The number of aromatic carboxylic acids is 1. The van der Waals surface area contributed by atoms with Crippen LogP contribution in [0.5, 0.6) is 0 Å². The molecule has 3 aromatic rings. The van der Waals surface area contributed by atoms with E-state index in [-0.39, 0.29) is 5.69 Å². The second kappa shape index (κ2) is 4.70. The van der Waals surface area contributed by atoms with Crippen molar-refractivity contribution in [2.24, 2.45) is 0 Å². The summed E-state index contributed by atoms with van der Waals surface area (Å²) in [5, 5.41) is 14.5. The predicted molar refractivity (Wildman–Crippen MR) is 80.0 cm³/mol. The van der Waals surface area contributed by atoms with E-state index in [1.807, 2.05) is 32.9 Å². The van der Waals surface area contributed by atoms with Gasteiger partial charge in [0, 0.05) is 5.39 Å². The van der Waals surface area contributed by atoms with E-state index in [0.717, 1.165) is 27.9 Å². The van der Waals surface area contributed by atoms with Gasteiger partial charge >= 0.3 is 5.97 Å². The highest BCUT2D eigenvalue weighted by molar-refractivity contribution is 5.89. The lowest BCUT2D eigenvalue weighted by atomic mass is 10.1. The largest absolute Gasteiger partial charge is 0.477 e. The topological polar surface area (TPSA) is 68.0 Å². The molecule has 0 bridgehead atoms. The summed E-state index contributed by atoms with van der Waals surface area (Å²) >= 11 is 0. The van der Waals surface area contributed by atoms with Crippen LogP contribution in [0, 0.1) is 20.8 Å². The van der Waals surface area contributed by atoms with Gasteiger partial charge in [0.15, 0.2) is 11.3 Å².